The molecule has 0 spiro atoms. The van der Waals surface area contributed by atoms with Gasteiger partial charge in [0.1, 0.15) is 18.0 Å². The van der Waals surface area contributed by atoms with Gasteiger partial charge >= 0.3 is 0 Å². The Morgan fingerprint density at radius 3 is 2.30 bits per heavy atom. The first-order chi connectivity index (χ1) is 19.6. The van der Waals surface area contributed by atoms with Crippen LogP contribution in [0.25, 0.3) is 10.9 Å². The fourth-order valence-corrected chi connectivity index (χ4v) is 5.30. The zero-order valence-corrected chi connectivity index (χ0v) is 23.7. The van der Waals surface area contributed by atoms with Gasteiger partial charge in [0, 0.05) is 63.0 Å². The third kappa shape index (κ3) is 7.30. The minimum absolute atomic E-state index is 0.0694. The van der Waals surface area contributed by atoms with E-state index in [2.05, 4.69) is 24.7 Å². The van der Waals surface area contributed by atoms with Gasteiger partial charge in [0.25, 0.3) is 0 Å². The maximum atomic E-state index is 14.1. The molecule has 11 heteroatoms. The first-order valence-electron chi connectivity index (χ1n) is 13.9. The fourth-order valence-electron chi connectivity index (χ4n) is 5.12. The lowest BCUT2D eigenvalue weighted by molar-refractivity contribution is 0.0357. The molecule has 216 valence electrons. The Morgan fingerprint density at radius 2 is 1.62 bits per heavy atom. The van der Waals surface area contributed by atoms with Gasteiger partial charge in [0.15, 0.2) is 11.5 Å². The Labute approximate surface area is 239 Å². The molecule has 0 amide bonds. The van der Waals surface area contributed by atoms with Crippen LogP contribution in [0.5, 0.6) is 11.5 Å². The van der Waals surface area contributed by atoms with E-state index in [-0.39, 0.29) is 5.02 Å². The molecule has 2 aliphatic heterocycles. The SMILES string of the molecule is COc1cc2ncnc(N(CCCN3CCOCC3)c3ccc(F)c(Cl)c3)c2cc1OCCCN1CCOCC1. The normalized spacial score (nSPS) is 16.8. The van der Waals surface area contributed by atoms with Gasteiger partial charge in [-0.25, -0.2) is 14.4 Å². The number of ether oxygens (including phenoxy) is 4. The van der Waals surface area contributed by atoms with Crippen molar-refractivity contribution >= 4 is 34.0 Å². The summed E-state index contributed by atoms with van der Waals surface area (Å²) in [6.45, 7) is 9.91. The lowest BCUT2D eigenvalue weighted by Crippen LogP contribution is -2.37. The van der Waals surface area contributed by atoms with Crippen molar-refractivity contribution < 1.29 is 23.3 Å². The van der Waals surface area contributed by atoms with E-state index in [4.69, 9.17) is 30.5 Å². The Hall–Kier alpha value is -2.76. The van der Waals surface area contributed by atoms with Crippen LogP contribution in [0.2, 0.25) is 5.02 Å². The van der Waals surface area contributed by atoms with Gasteiger partial charge in [-0.2, -0.15) is 0 Å². The highest BCUT2D eigenvalue weighted by Crippen LogP contribution is 2.37. The molecule has 0 saturated carbocycles. The van der Waals surface area contributed by atoms with Crippen molar-refractivity contribution in [3.05, 3.63) is 47.5 Å². The van der Waals surface area contributed by atoms with Crippen LogP contribution in [0.3, 0.4) is 0 Å². The number of halogens is 2. The van der Waals surface area contributed by atoms with E-state index in [9.17, 15) is 4.39 Å². The largest absolute Gasteiger partial charge is 0.493 e. The number of fused-ring (bicyclic) bond motifs is 1. The van der Waals surface area contributed by atoms with Crippen molar-refractivity contribution in [3.8, 4) is 11.5 Å². The molecule has 1 aromatic heterocycles. The predicted molar refractivity (Wildman–Crippen MR) is 154 cm³/mol. The second-order valence-corrected chi connectivity index (χ2v) is 10.3. The molecule has 2 aliphatic rings. The highest BCUT2D eigenvalue weighted by atomic mass is 35.5. The molecule has 3 heterocycles. The average molecular weight is 574 g/mol. The average Bonchev–Trinajstić information content (AvgIpc) is 2.99. The van der Waals surface area contributed by atoms with E-state index in [0.29, 0.717) is 30.5 Å². The van der Waals surface area contributed by atoms with Crippen molar-refractivity contribution in [1.82, 2.24) is 19.8 Å². The van der Waals surface area contributed by atoms with E-state index >= 15 is 0 Å². The Kier molecular flexibility index (Phi) is 10.2. The summed E-state index contributed by atoms with van der Waals surface area (Å²) in [4.78, 5) is 16.1. The van der Waals surface area contributed by atoms with Crippen LogP contribution >= 0.6 is 11.6 Å². The summed E-state index contributed by atoms with van der Waals surface area (Å²) in [5.74, 6) is 1.50. The van der Waals surface area contributed by atoms with Crippen LogP contribution in [0.1, 0.15) is 12.8 Å². The minimum Gasteiger partial charge on any atom is -0.493 e. The number of morpholine rings is 2. The van der Waals surface area contributed by atoms with Crippen LogP contribution in [0.15, 0.2) is 36.7 Å². The Bertz CT molecular complexity index is 1260. The van der Waals surface area contributed by atoms with E-state index in [1.807, 2.05) is 12.1 Å². The van der Waals surface area contributed by atoms with Crippen molar-refractivity contribution in [2.75, 3.05) is 90.9 Å². The molecule has 2 fully saturated rings. The van der Waals surface area contributed by atoms with Gasteiger partial charge < -0.3 is 23.8 Å². The lowest BCUT2D eigenvalue weighted by Gasteiger charge is -2.29. The molecule has 0 radical (unpaired) electrons. The molecule has 9 nitrogen and oxygen atoms in total. The highest BCUT2D eigenvalue weighted by molar-refractivity contribution is 6.31. The molecule has 0 bridgehead atoms. The summed E-state index contributed by atoms with van der Waals surface area (Å²) in [5, 5.41) is 0.887. The van der Waals surface area contributed by atoms with Crippen LogP contribution in [0.4, 0.5) is 15.9 Å². The van der Waals surface area contributed by atoms with Gasteiger partial charge in [-0.05, 0) is 37.1 Å². The number of hydrogen-bond acceptors (Lipinski definition) is 9. The summed E-state index contributed by atoms with van der Waals surface area (Å²) >= 11 is 6.21. The third-order valence-corrected chi connectivity index (χ3v) is 7.60. The second kappa shape index (κ2) is 14.2. The van der Waals surface area contributed by atoms with Crippen molar-refractivity contribution in [2.45, 2.75) is 12.8 Å². The Balaban J connectivity index is 1.39. The second-order valence-electron chi connectivity index (χ2n) is 9.93. The maximum Gasteiger partial charge on any atom is 0.162 e. The molecule has 5 rings (SSSR count). The number of anilines is 2. The van der Waals surface area contributed by atoms with Crippen LogP contribution < -0.4 is 14.4 Å². The molecule has 0 unspecified atom stereocenters. The zero-order valence-electron chi connectivity index (χ0n) is 23.0. The maximum absolute atomic E-state index is 14.1. The molecule has 0 aliphatic carbocycles. The molecular weight excluding hydrogens is 537 g/mol. The van der Waals surface area contributed by atoms with Crippen LogP contribution in [0, 0.1) is 5.82 Å². The van der Waals surface area contributed by atoms with E-state index in [0.717, 1.165) is 95.1 Å². The molecule has 40 heavy (non-hydrogen) atoms. The van der Waals surface area contributed by atoms with E-state index in [1.54, 1.807) is 25.6 Å². The number of nitrogens with zero attached hydrogens (tertiary/aromatic N) is 5. The van der Waals surface area contributed by atoms with Crippen molar-refractivity contribution in [1.29, 1.82) is 0 Å². The lowest BCUT2D eigenvalue weighted by atomic mass is 10.1. The summed E-state index contributed by atoms with van der Waals surface area (Å²) in [5.41, 5.74) is 1.49. The molecule has 0 N–H and O–H groups in total. The van der Waals surface area contributed by atoms with Gasteiger partial charge in [0.05, 0.1) is 50.7 Å². The molecular formula is C29H37ClFN5O4. The van der Waals surface area contributed by atoms with Crippen molar-refractivity contribution in [3.63, 3.8) is 0 Å². The van der Waals surface area contributed by atoms with Crippen molar-refractivity contribution in [2.24, 2.45) is 0 Å². The van der Waals surface area contributed by atoms with E-state index < -0.39 is 5.82 Å². The van der Waals surface area contributed by atoms with Crippen LogP contribution in [-0.2, 0) is 9.47 Å². The number of hydrogen-bond donors (Lipinski definition) is 0. The number of aromatic nitrogens is 2. The summed E-state index contributed by atoms with van der Waals surface area (Å²) in [6, 6.07) is 8.59. The van der Waals surface area contributed by atoms with Gasteiger partial charge in [0.2, 0.25) is 0 Å². The zero-order chi connectivity index (χ0) is 27.7. The van der Waals surface area contributed by atoms with Gasteiger partial charge in [-0.15, -0.1) is 0 Å². The Morgan fingerprint density at radius 1 is 0.925 bits per heavy atom. The molecule has 2 saturated heterocycles. The molecule has 3 aromatic rings. The number of benzene rings is 2. The van der Waals surface area contributed by atoms with Crippen LogP contribution in [-0.4, -0.2) is 106 Å². The van der Waals surface area contributed by atoms with Gasteiger partial charge in [-0.1, -0.05) is 11.6 Å². The smallest absolute Gasteiger partial charge is 0.162 e. The minimum atomic E-state index is -0.455. The molecule has 2 aromatic carbocycles. The topological polar surface area (TPSA) is 72.4 Å². The number of methoxy groups -OCH3 is 1. The summed E-state index contributed by atoms with van der Waals surface area (Å²) in [6.07, 6.45) is 3.31. The van der Waals surface area contributed by atoms with E-state index in [1.165, 1.54) is 6.07 Å². The predicted octanol–water partition coefficient (Wildman–Crippen LogP) is 4.39. The number of rotatable bonds is 12. The van der Waals surface area contributed by atoms with Gasteiger partial charge in [-0.3, -0.25) is 9.80 Å². The standard InChI is InChI=1S/C29H37ClFN5O4/c1-37-27-20-26-23(19-28(27)40-13-3-7-35-11-16-39-17-12-35)29(33-21-32-26)36(22-4-5-25(31)24(30)18-22)8-2-6-34-9-14-38-15-10-34/h4-5,18-21H,2-3,6-17H2,1H3. The fraction of sp³-hybridized carbons (Fsp3) is 0.517. The quantitative estimate of drug-likeness (QED) is 0.293. The first-order valence-corrected chi connectivity index (χ1v) is 14.3. The summed E-state index contributed by atoms with van der Waals surface area (Å²) in [7, 11) is 1.63. The third-order valence-electron chi connectivity index (χ3n) is 7.31. The highest BCUT2D eigenvalue weighted by Gasteiger charge is 2.20. The molecule has 0 atom stereocenters. The first kappa shape index (κ1) is 28.8. The monoisotopic (exact) mass is 573 g/mol. The summed E-state index contributed by atoms with van der Waals surface area (Å²) < 4.78 is 36.9.